The molecule has 1 atom stereocenters. The molecular formula is C20H24N4O2. The molecule has 6 nitrogen and oxygen atoms in total. The van der Waals surface area contributed by atoms with Gasteiger partial charge < -0.3 is 15.0 Å². The molecule has 2 aliphatic rings. The number of carbonyl (C=O) groups is 1. The van der Waals surface area contributed by atoms with Gasteiger partial charge in [-0.1, -0.05) is 12.1 Å². The molecule has 0 unspecified atom stereocenters. The number of nitrogens with zero attached hydrogens (tertiary/aromatic N) is 3. The Morgan fingerprint density at radius 1 is 1.35 bits per heavy atom. The van der Waals surface area contributed by atoms with E-state index in [1.807, 2.05) is 35.4 Å². The molecule has 4 rings (SSSR count). The molecule has 1 N–H and O–H groups in total. The molecule has 0 saturated carbocycles. The van der Waals surface area contributed by atoms with Crippen molar-refractivity contribution in [1.82, 2.24) is 20.2 Å². The molecule has 0 bridgehead atoms. The predicted molar refractivity (Wildman–Crippen MR) is 98.3 cm³/mol. The summed E-state index contributed by atoms with van der Waals surface area (Å²) in [4.78, 5) is 24.3. The maximum Gasteiger partial charge on any atom is 0.257 e. The van der Waals surface area contributed by atoms with Gasteiger partial charge in [0.15, 0.2) is 0 Å². The molecule has 0 radical (unpaired) electrons. The summed E-state index contributed by atoms with van der Waals surface area (Å²) in [5.41, 5.74) is 2.97. The lowest BCUT2D eigenvalue weighted by Gasteiger charge is -2.32. The van der Waals surface area contributed by atoms with Crippen LogP contribution in [0.2, 0.25) is 0 Å². The van der Waals surface area contributed by atoms with Crippen LogP contribution < -0.4 is 10.1 Å². The van der Waals surface area contributed by atoms with Gasteiger partial charge in [-0.15, -0.1) is 0 Å². The van der Waals surface area contributed by atoms with E-state index in [-0.39, 0.29) is 11.8 Å². The highest BCUT2D eigenvalue weighted by atomic mass is 16.5. The second-order valence-electron chi connectivity index (χ2n) is 6.92. The fourth-order valence-electron chi connectivity index (χ4n) is 3.81. The highest BCUT2D eigenvalue weighted by Crippen LogP contribution is 2.28. The third-order valence-corrected chi connectivity index (χ3v) is 5.24. The van der Waals surface area contributed by atoms with Gasteiger partial charge in [0.1, 0.15) is 11.6 Å². The number of rotatable bonds is 3. The van der Waals surface area contributed by atoms with Crippen LogP contribution in [-0.2, 0) is 13.0 Å². The fourth-order valence-corrected chi connectivity index (χ4v) is 3.81. The lowest BCUT2D eigenvalue weighted by molar-refractivity contribution is 0.0701. The maximum absolute atomic E-state index is 13.0. The average Bonchev–Trinajstić information content (AvgIpc) is 2.73. The number of aromatic nitrogens is 2. The van der Waals surface area contributed by atoms with Crippen LogP contribution in [0.15, 0.2) is 30.5 Å². The number of para-hydroxylation sites is 1. The van der Waals surface area contributed by atoms with E-state index < -0.39 is 0 Å². The number of nitrogens with one attached hydrogen (secondary N) is 1. The van der Waals surface area contributed by atoms with Crippen molar-refractivity contribution in [3.05, 3.63) is 53.1 Å². The van der Waals surface area contributed by atoms with Crippen LogP contribution in [-0.4, -0.2) is 47.5 Å². The molecule has 1 saturated heterocycles. The largest absolute Gasteiger partial charge is 0.496 e. The van der Waals surface area contributed by atoms with E-state index in [0.717, 1.165) is 50.4 Å². The lowest BCUT2D eigenvalue weighted by atomic mass is 9.95. The number of fused-ring (bicyclic) bond motifs is 1. The SMILES string of the molecule is COc1ccccc1C(=O)N1CCC[C@@H](c2ncc3c(n2)CCNC3)C1. The van der Waals surface area contributed by atoms with E-state index in [1.165, 1.54) is 5.56 Å². The quantitative estimate of drug-likeness (QED) is 0.917. The zero-order valence-corrected chi connectivity index (χ0v) is 15.1. The summed E-state index contributed by atoms with van der Waals surface area (Å²) in [5.74, 6) is 1.72. The van der Waals surface area contributed by atoms with Crippen LogP contribution in [0.4, 0.5) is 0 Å². The number of likely N-dealkylation sites (tertiary alicyclic amines) is 1. The first-order chi connectivity index (χ1) is 12.8. The van der Waals surface area contributed by atoms with Gasteiger partial charge in [0.05, 0.1) is 12.7 Å². The van der Waals surface area contributed by atoms with Crippen LogP contribution in [0.5, 0.6) is 5.75 Å². The summed E-state index contributed by atoms with van der Waals surface area (Å²) in [6.45, 7) is 3.24. The number of methoxy groups -OCH3 is 1. The minimum atomic E-state index is 0.0225. The van der Waals surface area contributed by atoms with Gasteiger partial charge in [0, 0.05) is 56.0 Å². The summed E-state index contributed by atoms with van der Waals surface area (Å²) in [6, 6.07) is 7.41. The van der Waals surface area contributed by atoms with Crippen molar-refractivity contribution in [2.45, 2.75) is 31.7 Å². The van der Waals surface area contributed by atoms with Gasteiger partial charge in [-0.05, 0) is 25.0 Å². The van der Waals surface area contributed by atoms with Crippen LogP contribution in [0, 0.1) is 0 Å². The summed E-state index contributed by atoms with van der Waals surface area (Å²) in [7, 11) is 1.60. The molecule has 3 heterocycles. The Bertz CT molecular complexity index is 808. The Morgan fingerprint density at radius 2 is 2.23 bits per heavy atom. The minimum absolute atomic E-state index is 0.0225. The average molecular weight is 352 g/mol. The second kappa shape index (κ2) is 7.41. The Kier molecular flexibility index (Phi) is 4.84. The number of piperidine rings is 1. The molecule has 26 heavy (non-hydrogen) atoms. The van der Waals surface area contributed by atoms with E-state index in [9.17, 15) is 4.79 Å². The Labute approximate surface area is 153 Å². The molecule has 2 aromatic rings. The number of carbonyl (C=O) groups excluding carboxylic acids is 1. The first kappa shape index (κ1) is 17.0. The molecule has 0 spiro atoms. The van der Waals surface area contributed by atoms with Gasteiger partial charge in [-0.2, -0.15) is 0 Å². The molecule has 2 aliphatic heterocycles. The van der Waals surface area contributed by atoms with E-state index in [2.05, 4.69) is 10.3 Å². The third-order valence-electron chi connectivity index (χ3n) is 5.24. The van der Waals surface area contributed by atoms with E-state index in [1.54, 1.807) is 7.11 Å². The van der Waals surface area contributed by atoms with Crippen LogP contribution in [0.25, 0.3) is 0 Å². The van der Waals surface area contributed by atoms with E-state index in [4.69, 9.17) is 9.72 Å². The monoisotopic (exact) mass is 352 g/mol. The molecule has 0 aliphatic carbocycles. The molecule has 1 aromatic heterocycles. The Balaban J connectivity index is 1.53. The zero-order chi connectivity index (χ0) is 17.9. The molecule has 1 amide bonds. The van der Waals surface area contributed by atoms with Crippen molar-refractivity contribution in [3.8, 4) is 5.75 Å². The standard InChI is InChI=1S/C20H24N4O2/c1-26-18-7-3-2-6-16(18)20(25)24-10-4-5-14(13-24)19-22-12-15-11-21-9-8-17(15)23-19/h2-3,6-7,12,14,21H,4-5,8-11,13H2,1H3/t14-/m1/s1. The lowest BCUT2D eigenvalue weighted by Crippen LogP contribution is -2.40. The van der Waals surface area contributed by atoms with E-state index >= 15 is 0 Å². The van der Waals surface area contributed by atoms with Gasteiger partial charge in [0.2, 0.25) is 0 Å². The summed E-state index contributed by atoms with van der Waals surface area (Å²) < 4.78 is 5.35. The first-order valence-electron chi connectivity index (χ1n) is 9.24. The van der Waals surface area contributed by atoms with Crippen LogP contribution >= 0.6 is 0 Å². The smallest absolute Gasteiger partial charge is 0.257 e. The summed E-state index contributed by atoms with van der Waals surface area (Å²) in [5, 5.41) is 3.35. The molecular weight excluding hydrogens is 328 g/mol. The first-order valence-corrected chi connectivity index (χ1v) is 9.24. The molecule has 1 aromatic carbocycles. The van der Waals surface area contributed by atoms with Gasteiger partial charge >= 0.3 is 0 Å². The van der Waals surface area contributed by atoms with Crippen molar-refractivity contribution in [1.29, 1.82) is 0 Å². The zero-order valence-electron chi connectivity index (χ0n) is 15.1. The van der Waals surface area contributed by atoms with Gasteiger partial charge in [0.25, 0.3) is 5.91 Å². The van der Waals surface area contributed by atoms with Crippen molar-refractivity contribution in [2.24, 2.45) is 0 Å². The number of ether oxygens (including phenoxy) is 1. The highest BCUT2D eigenvalue weighted by Gasteiger charge is 2.29. The number of amides is 1. The van der Waals surface area contributed by atoms with E-state index in [0.29, 0.717) is 17.9 Å². The number of hydrogen-bond acceptors (Lipinski definition) is 5. The van der Waals surface area contributed by atoms with Crippen molar-refractivity contribution in [3.63, 3.8) is 0 Å². The Morgan fingerprint density at radius 3 is 3.12 bits per heavy atom. The number of hydrogen-bond donors (Lipinski definition) is 1. The fraction of sp³-hybridized carbons (Fsp3) is 0.450. The normalized spacial score (nSPS) is 19.7. The summed E-state index contributed by atoms with van der Waals surface area (Å²) in [6.07, 6.45) is 4.88. The number of benzene rings is 1. The van der Waals surface area contributed by atoms with Crippen molar-refractivity contribution < 1.29 is 9.53 Å². The van der Waals surface area contributed by atoms with Crippen molar-refractivity contribution >= 4 is 5.91 Å². The van der Waals surface area contributed by atoms with Crippen LogP contribution in [0.3, 0.4) is 0 Å². The molecule has 1 fully saturated rings. The molecule has 6 heteroatoms. The Hall–Kier alpha value is -2.47. The highest BCUT2D eigenvalue weighted by molar-refractivity contribution is 5.97. The predicted octanol–water partition coefficient (Wildman–Crippen LogP) is 2.15. The topological polar surface area (TPSA) is 67.3 Å². The minimum Gasteiger partial charge on any atom is -0.496 e. The van der Waals surface area contributed by atoms with Gasteiger partial charge in [-0.25, -0.2) is 9.97 Å². The second-order valence-corrected chi connectivity index (χ2v) is 6.92. The maximum atomic E-state index is 13.0. The third kappa shape index (κ3) is 3.29. The van der Waals surface area contributed by atoms with Crippen molar-refractivity contribution in [2.75, 3.05) is 26.7 Å². The van der Waals surface area contributed by atoms with Gasteiger partial charge in [-0.3, -0.25) is 4.79 Å². The summed E-state index contributed by atoms with van der Waals surface area (Å²) >= 11 is 0. The molecule has 136 valence electrons. The van der Waals surface area contributed by atoms with Crippen LogP contribution in [0.1, 0.15) is 46.2 Å².